The van der Waals surface area contributed by atoms with Crippen molar-refractivity contribution in [2.45, 2.75) is 24.5 Å². The van der Waals surface area contributed by atoms with Crippen LogP contribution in [0.25, 0.3) is 0 Å². The number of benzene rings is 1. The van der Waals surface area contributed by atoms with Crippen LogP contribution in [-0.4, -0.2) is 28.0 Å². The highest BCUT2D eigenvalue weighted by Gasteiger charge is 2.20. The Bertz CT molecular complexity index is 653. The van der Waals surface area contributed by atoms with E-state index < -0.39 is 0 Å². The standard InChI is InChI=1S/C17H21N3OS/c1-20-12-13(10-19-20)6-7-17(21)18-11-16-15-5-3-2-4-14(15)8-9-22-16/h2-5,10,12,16H,6-9,11H2,1H3,(H,18,21)/t16-/m0/s1. The van der Waals surface area contributed by atoms with E-state index >= 15 is 0 Å². The summed E-state index contributed by atoms with van der Waals surface area (Å²) in [4.78, 5) is 12.0. The number of hydrogen-bond donors (Lipinski definition) is 1. The average Bonchev–Trinajstić information content (AvgIpc) is 2.96. The molecule has 1 aromatic heterocycles. The van der Waals surface area contributed by atoms with Gasteiger partial charge in [-0.25, -0.2) is 0 Å². The predicted octanol–water partition coefficient (Wildman–Crippen LogP) is 2.50. The van der Waals surface area contributed by atoms with Gasteiger partial charge in [0.1, 0.15) is 0 Å². The number of aryl methyl sites for hydroxylation is 3. The molecule has 0 unspecified atom stereocenters. The zero-order valence-electron chi connectivity index (χ0n) is 12.8. The molecule has 0 spiro atoms. The van der Waals surface area contributed by atoms with Crippen molar-refractivity contribution in [1.29, 1.82) is 0 Å². The summed E-state index contributed by atoms with van der Waals surface area (Å²) in [7, 11) is 1.89. The number of rotatable bonds is 5. The molecule has 2 aromatic rings. The molecule has 3 rings (SSSR count). The second-order valence-corrected chi connectivity index (χ2v) is 6.95. The van der Waals surface area contributed by atoms with Crippen LogP contribution >= 0.6 is 11.8 Å². The quantitative estimate of drug-likeness (QED) is 0.922. The van der Waals surface area contributed by atoms with E-state index in [1.165, 1.54) is 11.1 Å². The molecule has 116 valence electrons. The third-order valence-corrected chi connectivity index (χ3v) is 5.24. The van der Waals surface area contributed by atoms with Crippen LogP contribution in [0.4, 0.5) is 0 Å². The highest BCUT2D eigenvalue weighted by Crippen LogP contribution is 2.35. The molecule has 5 heteroatoms. The molecule has 1 aliphatic rings. The lowest BCUT2D eigenvalue weighted by Gasteiger charge is -2.25. The van der Waals surface area contributed by atoms with Crippen molar-refractivity contribution in [2.75, 3.05) is 12.3 Å². The Kier molecular flexibility index (Phi) is 4.83. The lowest BCUT2D eigenvalue weighted by molar-refractivity contribution is -0.121. The van der Waals surface area contributed by atoms with Gasteiger partial charge >= 0.3 is 0 Å². The van der Waals surface area contributed by atoms with Gasteiger partial charge < -0.3 is 5.32 Å². The zero-order valence-corrected chi connectivity index (χ0v) is 13.6. The van der Waals surface area contributed by atoms with Crippen LogP contribution in [0, 0.1) is 0 Å². The van der Waals surface area contributed by atoms with Crippen molar-refractivity contribution in [3.05, 3.63) is 53.3 Å². The number of carbonyl (C=O) groups excluding carboxylic acids is 1. The van der Waals surface area contributed by atoms with E-state index in [4.69, 9.17) is 0 Å². The molecule has 1 atom stereocenters. The second-order valence-electron chi connectivity index (χ2n) is 5.63. The molecule has 0 bridgehead atoms. The van der Waals surface area contributed by atoms with Crippen molar-refractivity contribution in [3.63, 3.8) is 0 Å². The Hall–Kier alpha value is -1.75. The molecule has 0 fully saturated rings. The van der Waals surface area contributed by atoms with Gasteiger partial charge in [0.05, 0.1) is 6.20 Å². The van der Waals surface area contributed by atoms with E-state index in [1.807, 2.05) is 31.2 Å². The Labute approximate surface area is 135 Å². The van der Waals surface area contributed by atoms with E-state index in [0.717, 1.165) is 24.2 Å². The molecule has 0 saturated carbocycles. The van der Waals surface area contributed by atoms with Gasteiger partial charge in [0.2, 0.25) is 5.91 Å². The number of nitrogens with zero attached hydrogens (tertiary/aromatic N) is 2. The first-order chi connectivity index (χ1) is 10.7. The van der Waals surface area contributed by atoms with Gasteiger partial charge in [-0.05, 0) is 35.3 Å². The minimum atomic E-state index is 0.118. The first-order valence-corrected chi connectivity index (χ1v) is 8.71. The summed E-state index contributed by atoms with van der Waals surface area (Å²) in [6.07, 6.45) is 6.17. The highest BCUT2D eigenvalue weighted by molar-refractivity contribution is 7.99. The van der Waals surface area contributed by atoms with Gasteiger partial charge in [-0.15, -0.1) is 0 Å². The zero-order chi connectivity index (χ0) is 15.4. The third-order valence-electron chi connectivity index (χ3n) is 3.98. The lowest BCUT2D eigenvalue weighted by atomic mass is 10.0. The molecule has 0 aliphatic carbocycles. The van der Waals surface area contributed by atoms with Crippen molar-refractivity contribution in [2.24, 2.45) is 7.05 Å². The fourth-order valence-corrected chi connectivity index (χ4v) is 4.03. The number of fused-ring (bicyclic) bond motifs is 1. The molecular formula is C17H21N3OS. The number of hydrogen-bond acceptors (Lipinski definition) is 3. The predicted molar refractivity (Wildman–Crippen MR) is 89.9 cm³/mol. The normalized spacial score (nSPS) is 17.0. The van der Waals surface area contributed by atoms with Gasteiger partial charge in [0, 0.05) is 31.5 Å². The second kappa shape index (κ2) is 7.01. The van der Waals surface area contributed by atoms with E-state index in [2.05, 4.69) is 34.7 Å². The molecule has 0 radical (unpaired) electrons. The van der Waals surface area contributed by atoms with E-state index in [0.29, 0.717) is 18.2 Å². The minimum Gasteiger partial charge on any atom is -0.355 e. The maximum Gasteiger partial charge on any atom is 0.220 e. The van der Waals surface area contributed by atoms with Crippen LogP contribution in [0.1, 0.15) is 28.4 Å². The van der Waals surface area contributed by atoms with Crippen LogP contribution in [0.15, 0.2) is 36.7 Å². The number of amides is 1. The number of thioether (sulfide) groups is 1. The Morgan fingerprint density at radius 1 is 1.45 bits per heavy atom. The molecule has 1 aliphatic heterocycles. The summed E-state index contributed by atoms with van der Waals surface area (Å²) in [5.41, 5.74) is 3.91. The summed E-state index contributed by atoms with van der Waals surface area (Å²) in [6.45, 7) is 0.716. The van der Waals surface area contributed by atoms with Crippen LogP contribution in [-0.2, 0) is 24.7 Å². The average molecular weight is 315 g/mol. The van der Waals surface area contributed by atoms with Gasteiger partial charge in [0.15, 0.2) is 0 Å². The molecule has 2 heterocycles. The first kappa shape index (κ1) is 15.2. The molecule has 22 heavy (non-hydrogen) atoms. The molecule has 1 amide bonds. The van der Waals surface area contributed by atoms with Crippen molar-refractivity contribution in [3.8, 4) is 0 Å². The number of aromatic nitrogens is 2. The Morgan fingerprint density at radius 2 is 2.32 bits per heavy atom. The molecule has 4 nitrogen and oxygen atoms in total. The topological polar surface area (TPSA) is 46.9 Å². The number of carbonyl (C=O) groups is 1. The fourth-order valence-electron chi connectivity index (χ4n) is 2.80. The summed E-state index contributed by atoms with van der Waals surface area (Å²) in [6, 6.07) is 8.57. The monoisotopic (exact) mass is 315 g/mol. The van der Waals surface area contributed by atoms with Crippen LogP contribution < -0.4 is 5.32 Å². The third kappa shape index (κ3) is 3.71. The van der Waals surface area contributed by atoms with Crippen LogP contribution in [0.2, 0.25) is 0 Å². The Balaban J connectivity index is 1.49. The van der Waals surface area contributed by atoms with Gasteiger partial charge in [-0.1, -0.05) is 24.3 Å². The largest absolute Gasteiger partial charge is 0.355 e. The van der Waals surface area contributed by atoms with E-state index in [1.54, 1.807) is 4.68 Å². The van der Waals surface area contributed by atoms with Crippen molar-refractivity contribution in [1.82, 2.24) is 15.1 Å². The van der Waals surface area contributed by atoms with Gasteiger partial charge in [-0.3, -0.25) is 9.48 Å². The van der Waals surface area contributed by atoms with Crippen LogP contribution in [0.3, 0.4) is 0 Å². The Morgan fingerprint density at radius 3 is 3.14 bits per heavy atom. The minimum absolute atomic E-state index is 0.118. The molecular weight excluding hydrogens is 294 g/mol. The van der Waals surface area contributed by atoms with Crippen molar-refractivity contribution < 1.29 is 4.79 Å². The van der Waals surface area contributed by atoms with E-state index in [9.17, 15) is 4.79 Å². The maximum atomic E-state index is 12.0. The first-order valence-electron chi connectivity index (χ1n) is 7.66. The molecule has 1 aromatic carbocycles. The summed E-state index contributed by atoms with van der Waals surface area (Å²) in [5, 5.41) is 7.59. The molecule has 1 N–H and O–H groups in total. The van der Waals surface area contributed by atoms with Gasteiger partial charge in [0.25, 0.3) is 0 Å². The highest BCUT2D eigenvalue weighted by atomic mass is 32.2. The summed E-state index contributed by atoms with van der Waals surface area (Å²) < 4.78 is 1.77. The summed E-state index contributed by atoms with van der Waals surface area (Å²) >= 11 is 1.94. The van der Waals surface area contributed by atoms with Crippen molar-refractivity contribution >= 4 is 17.7 Å². The lowest BCUT2D eigenvalue weighted by Crippen LogP contribution is -2.29. The SMILES string of the molecule is Cn1cc(CCC(=O)NC[C@@H]2SCCc3ccccc32)cn1. The maximum absolute atomic E-state index is 12.0. The smallest absolute Gasteiger partial charge is 0.220 e. The fraction of sp³-hybridized carbons (Fsp3) is 0.412. The number of nitrogens with one attached hydrogen (secondary N) is 1. The van der Waals surface area contributed by atoms with Gasteiger partial charge in [-0.2, -0.15) is 16.9 Å². The van der Waals surface area contributed by atoms with E-state index in [-0.39, 0.29) is 5.91 Å². The van der Waals surface area contributed by atoms with Crippen LogP contribution in [0.5, 0.6) is 0 Å². The summed E-state index contributed by atoms with van der Waals surface area (Å²) in [5.74, 6) is 1.25. The molecule has 0 saturated heterocycles.